The van der Waals surface area contributed by atoms with Crippen LogP contribution in [0.15, 0.2) is 18.2 Å². The summed E-state index contributed by atoms with van der Waals surface area (Å²) in [5, 5.41) is 0.635. The highest BCUT2D eigenvalue weighted by atomic mass is 35.5. The Morgan fingerprint density at radius 2 is 2.31 bits per heavy atom. The van der Waals surface area contributed by atoms with Crippen LogP contribution in [-0.2, 0) is 0 Å². The van der Waals surface area contributed by atoms with Gasteiger partial charge in [0.05, 0.1) is 0 Å². The van der Waals surface area contributed by atoms with Gasteiger partial charge in [0, 0.05) is 17.6 Å². The molecule has 0 radical (unpaired) electrons. The van der Waals surface area contributed by atoms with Gasteiger partial charge in [0.2, 0.25) is 0 Å². The van der Waals surface area contributed by atoms with Crippen molar-refractivity contribution in [3.63, 3.8) is 0 Å². The van der Waals surface area contributed by atoms with Crippen LogP contribution < -0.4 is 5.73 Å². The van der Waals surface area contributed by atoms with Crippen LogP contribution in [0.3, 0.4) is 0 Å². The van der Waals surface area contributed by atoms with Crippen molar-refractivity contribution in [3.8, 4) is 0 Å². The first-order valence-electron chi connectivity index (χ1n) is 5.47. The van der Waals surface area contributed by atoms with Crippen LogP contribution in [0.2, 0.25) is 5.02 Å². The van der Waals surface area contributed by atoms with Crippen molar-refractivity contribution in [2.45, 2.75) is 12.5 Å². The number of rotatable bonds is 2. The Bertz CT molecular complexity index is 383. The minimum absolute atomic E-state index is 0.191. The molecule has 1 heterocycles. The maximum atomic E-state index is 13.2. The lowest BCUT2D eigenvalue weighted by molar-refractivity contribution is 0.313. The predicted octanol–water partition coefficient (Wildman–Crippen LogP) is 2.43. The van der Waals surface area contributed by atoms with E-state index in [1.54, 1.807) is 6.07 Å². The third-order valence-corrected chi connectivity index (χ3v) is 3.63. The topological polar surface area (TPSA) is 29.3 Å². The van der Waals surface area contributed by atoms with Crippen LogP contribution in [0.1, 0.15) is 18.0 Å². The van der Waals surface area contributed by atoms with E-state index in [9.17, 15) is 4.39 Å². The fraction of sp³-hybridized carbons (Fsp3) is 0.500. The van der Waals surface area contributed by atoms with Crippen molar-refractivity contribution in [1.82, 2.24) is 4.90 Å². The summed E-state index contributed by atoms with van der Waals surface area (Å²) in [6.45, 7) is 1.63. The van der Waals surface area contributed by atoms with Crippen molar-refractivity contribution < 1.29 is 4.39 Å². The van der Waals surface area contributed by atoms with E-state index in [0.29, 0.717) is 17.5 Å². The van der Waals surface area contributed by atoms with E-state index in [2.05, 4.69) is 4.90 Å². The molecule has 0 aromatic heterocycles. The van der Waals surface area contributed by atoms with Crippen molar-refractivity contribution in [3.05, 3.63) is 34.6 Å². The average Bonchev–Trinajstić information content (AvgIpc) is 2.63. The van der Waals surface area contributed by atoms with E-state index in [1.807, 2.05) is 7.05 Å². The highest BCUT2D eigenvalue weighted by Gasteiger charge is 2.31. The van der Waals surface area contributed by atoms with E-state index >= 15 is 0 Å². The molecule has 2 nitrogen and oxygen atoms in total. The molecular weight excluding hydrogens is 227 g/mol. The number of nitrogens with two attached hydrogens (primary N) is 1. The highest BCUT2D eigenvalue weighted by Crippen LogP contribution is 2.37. The van der Waals surface area contributed by atoms with E-state index in [1.165, 1.54) is 12.1 Å². The minimum atomic E-state index is -0.232. The quantitative estimate of drug-likeness (QED) is 0.863. The Hall–Kier alpha value is -0.640. The van der Waals surface area contributed by atoms with Crippen molar-refractivity contribution in [2.75, 3.05) is 20.1 Å². The molecule has 0 saturated carbocycles. The molecular formula is C12H16ClFN2. The van der Waals surface area contributed by atoms with Gasteiger partial charge in [-0.05, 0) is 49.7 Å². The van der Waals surface area contributed by atoms with Crippen LogP contribution in [0.4, 0.5) is 4.39 Å². The maximum absolute atomic E-state index is 13.2. The second kappa shape index (κ2) is 4.70. The molecule has 0 spiro atoms. The smallest absolute Gasteiger partial charge is 0.123 e. The minimum Gasteiger partial charge on any atom is -0.330 e. The van der Waals surface area contributed by atoms with Gasteiger partial charge in [-0.3, -0.25) is 4.90 Å². The molecule has 16 heavy (non-hydrogen) atoms. The second-order valence-corrected chi connectivity index (χ2v) is 4.87. The third-order valence-electron chi connectivity index (χ3n) is 3.29. The summed E-state index contributed by atoms with van der Waals surface area (Å²) in [4.78, 5) is 2.19. The fourth-order valence-electron chi connectivity index (χ4n) is 2.41. The SMILES string of the molecule is CN1CC(CN)CC1c1cc(F)ccc1Cl. The first kappa shape index (κ1) is 11.8. The van der Waals surface area contributed by atoms with Crippen molar-refractivity contribution >= 4 is 11.6 Å². The zero-order valence-electron chi connectivity index (χ0n) is 9.29. The Kier molecular flexibility index (Phi) is 3.47. The third kappa shape index (κ3) is 2.21. The van der Waals surface area contributed by atoms with Crippen LogP contribution >= 0.6 is 11.6 Å². The number of hydrogen-bond donors (Lipinski definition) is 1. The molecule has 1 fully saturated rings. The van der Waals surface area contributed by atoms with E-state index < -0.39 is 0 Å². The summed E-state index contributed by atoms with van der Waals surface area (Å²) in [7, 11) is 2.03. The Labute approximate surface area is 100 Å². The fourth-order valence-corrected chi connectivity index (χ4v) is 2.65. The largest absolute Gasteiger partial charge is 0.330 e. The molecule has 1 aromatic rings. The Balaban J connectivity index is 2.27. The summed E-state index contributed by atoms with van der Waals surface area (Å²) in [5.74, 6) is 0.248. The number of halogens is 2. The molecule has 0 amide bonds. The molecule has 1 aliphatic heterocycles. The molecule has 2 N–H and O–H groups in total. The number of likely N-dealkylation sites (tertiary alicyclic amines) is 1. The number of nitrogens with zero attached hydrogens (tertiary/aromatic N) is 1. The molecule has 1 aliphatic rings. The predicted molar refractivity (Wildman–Crippen MR) is 63.9 cm³/mol. The Morgan fingerprint density at radius 1 is 1.56 bits per heavy atom. The summed E-state index contributed by atoms with van der Waals surface area (Å²) in [6, 6.07) is 4.73. The second-order valence-electron chi connectivity index (χ2n) is 4.46. The first-order valence-corrected chi connectivity index (χ1v) is 5.85. The van der Waals surface area contributed by atoms with E-state index in [4.69, 9.17) is 17.3 Å². The van der Waals surface area contributed by atoms with Gasteiger partial charge in [-0.25, -0.2) is 4.39 Å². The Morgan fingerprint density at radius 3 is 2.94 bits per heavy atom. The zero-order chi connectivity index (χ0) is 11.7. The summed E-state index contributed by atoms with van der Waals surface area (Å²) in [6.07, 6.45) is 0.955. The molecule has 4 heteroatoms. The van der Waals surface area contributed by atoms with Gasteiger partial charge in [-0.2, -0.15) is 0 Å². The molecule has 0 bridgehead atoms. The molecule has 2 rings (SSSR count). The molecule has 1 aromatic carbocycles. The lowest BCUT2D eigenvalue weighted by Crippen LogP contribution is -2.20. The first-order chi connectivity index (χ1) is 7.61. The normalized spacial score (nSPS) is 26.2. The zero-order valence-corrected chi connectivity index (χ0v) is 10.0. The maximum Gasteiger partial charge on any atom is 0.123 e. The van der Waals surface area contributed by atoms with Gasteiger partial charge in [-0.15, -0.1) is 0 Å². The lowest BCUT2D eigenvalue weighted by Gasteiger charge is -2.20. The standard InChI is InChI=1S/C12H16ClFN2/c1-16-7-8(6-15)4-12(16)10-5-9(14)2-3-11(10)13/h2-3,5,8,12H,4,6-7,15H2,1H3. The van der Waals surface area contributed by atoms with Crippen LogP contribution in [0.5, 0.6) is 0 Å². The molecule has 2 atom stereocenters. The summed E-state index contributed by atoms with van der Waals surface area (Å²) < 4.78 is 13.2. The van der Waals surface area contributed by atoms with Crippen molar-refractivity contribution in [2.24, 2.45) is 11.7 Å². The van der Waals surface area contributed by atoms with Gasteiger partial charge >= 0.3 is 0 Å². The number of hydrogen-bond acceptors (Lipinski definition) is 2. The molecule has 0 aliphatic carbocycles. The number of benzene rings is 1. The van der Waals surface area contributed by atoms with E-state index in [0.717, 1.165) is 18.5 Å². The molecule has 1 saturated heterocycles. The van der Waals surface area contributed by atoms with Crippen LogP contribution in [0.25, 0.3) is 0 Å². The summed E-state index contributed by atoms with van der Waals surface area (Å²) in [5.41, 5.74) is 6.55. The highest BCUT2D eigenvalue weighted by molar-refractivity contribution is 6.31. The average molecular weight is 243 g/mol. The van der Waals surface area contributed by atoms with Crippen LogP contribution in [0, 0.1) is 11.7 Å². The van der Waals surface area contributed by atoms with Gasteiger partial charge in [0.25, 0.3) is 0 Å². The van der Waals surface area contributed by atoms with Crippen LogP contribution in [-0.4, -0.2) is 25.0 Å². The van der Waals surface area contributed by atoms with Gasteiger partial charge in [-0.1, -0.05) is 11.6 Å². The van der Waals surface area contributed by atoms with Crippen molar-refractivity contribution in [1.29, 1.82) is 0 Å². The monoisotopic (exact) mass is 242 g/mol. The van der Waals surface area contributed by atoms with Gasteiger partial charge < -0.3 is 5.73 Å². The van der Waals surface area contributed by atoms with E-state index in [-0.39, 0.29) is 11.9 Å². The van der Waals surface area contributed by atoms with Gasteiger partial charge in [0.15, 0.2) is 0 Å². The molecule has 2 unspecified atom stereocenters. The van der Waals surface area contributed by atoms with Gasteiger partial charge in [0.1, 0.15) is 5.82 Å². The lowest BCUT2D eigenvalue weighted by atomic mass is 10.00. The summed E-state index contributed by atoms with van der Waals surface area (Å²) >= 11 is 6.11. The molecule has 88 valence electrons.